The van der Waals surface area contributed by atoms with Gasteiger partial charge in [0, 0.05) is 0 Å². The van der Waals surface area contributed by atoms with E-state index in [-0.39, 0.29) is 6.04 Å². The molecule has 39 heavy (non-hydrogen) atoms. The van der Waals surface area contributed by atoms with Crippen molar-refractivity contribution in [1.29, 1.82) is 0 Å². The quantitative estimate of drug-likeness (QED) is 0.0675. The molecular formula is C36H45HgN2. The van der Waals surface area contributed by atoms with E-state index in [0.29, 0.717) is 26.1 Å². The van der Waals surface area contributed by atoms with Crippen molar-refractivity contribution in [2.24, 2.45) is 4.99 Å². The molecule has 0 unspecified atom stereocenters. The molecule has 0 aliphatic carbocycles. The first kappa shape index (κ1) is 32.5. The summed E-state index contributed by atoms with van der Waals surface area (Å²) in [5.41, 5.74) is 10.5. The van der Waals surface area contributed by atoms with Crippen LogP contribution in [0.2, 0.25) is 0 Å². The molecule has 0 aliphatic rings. The molecule has 3 aromatic rings. The predicted molar refractivity (Wildman–Crippen MR) is 167 cm³/mol. The van der Waals surface area contributed by atoms with Gasteiger partial charge in [-0.1, -0.05) is 30.4 Å². The van der Waals surface area contributed by atoms with Crippen LogP contribution in [0.3, 0.4) is 0 Å². The van der Waals surface area contributed by atoms with Crippen molar-refractivity contribution in [3.63, 3.8) is 0 Å². The number of hydrogen-bond donors (Lipinski definition) is 0. The van der Waals surface area contributed by atoms with E-state index < -0.39 is 0 Å². The molecule has 0 heterocycles. The van der Waals surface area contributed by atoms with Crippen LogP contribution in [0.25, 0.3) is 0 Å². The van der Waals surface area contributed by atoms with Crippen LogP contribution in [0.1, 0.15) is 73.9 Å². The van der Waals surface area contributed by atoms with E-state index in [1.807, 2.05) is 6.08 Å². The minimum atomic E-state index is 0.181. The molecule has 0 aliphatic heterocycles. The van der Waals surface area contributed by atoms with Crippen molar-refractivity contribution in [1.82, 2.24) is 4.90 Å². The summed E-state index contributed by atoms with van der Waals surface area (Å²) in [6, 6.07) is 28.0. The Morgan fingerprint density at radius 1 is 0.897 bits per heavy atom. The van der Waals surface area contributed by atoms with Gasteiger partial charge < -0.3 is 0 Å². The molecule has 3 aromatic carbocycles. The zero-order chi connectivity index (χ0) is 28.8. The fraction of sp³-hybridized carbons (Fsp3) is 0.306. The predicted octanol–water partition coefficient (Wildman–Crippen LogP) is 9.68. The average Bonchev–Trinajstić information content (AvgIpc) is 2.94. The topological polar surface area (TPSA) is 15.6 Å². The first-order valence-electron chi connectivity index (χ1n) is 14.0. The van der Waals surface area contributed by atoms with Crippen LogP contribution < -0.4 is 0 Å². The van der Waals surface area contributed by atoms with Gasteiger partial charge in [0.25, 0.3) is 0 Å². The van der Waals surface area contributed by atoms with Gasteiger partial charge in [-0.05, 0) is 43.9 Å². The molecular weight excluding hydrogens is 661 g/mol. The first-order valence-corrected chi connectivity index (χ1v) is 16.8. The zero-order valence-electron chi connectivity index (χ0n) is 25.0. The fourth-order valence-electron chi connectivity index (χ4n) is 4.74. The molecule has 2 nitrogen and oxygen atoms in total. The second-order valence-corrected chi connectivity index (χ2v) is 12.6. The van der Waals surface area contributed by atoms with Crippen molar-refractivity contribution < 1.29 is 26.1 Å². The van der Waals surface area contributed by atoms with Crippen molar-refractivity contribution >= 4 is 3.34 Å². The van der Waals surface area contributed by atoms with E-state index in [9.17, 15) is 0 Å². The Kier molecular flexibility index (Phi) is 14.2. The molecule has 0 atom stereocenters. The van der Waals surface area contributed by atoms with E-state index in [0.717, 1.165) is 25.7 Å². The molecule has 0 N–H and O–H groups in total. The molecule has 0 saturated heterocycles. The second-order valence-electron chi connectivity index (χ2n) is 10.1. The van der Waals surface area contributed by atoms with Gasteiger partial charge in [-0.25, -0.2) is 0 Å². The minimum absolute atomic E-state index is 0.181. The summed E-state index contributed by atoms with van der Waals surface area (Å²) in [5, 5.41) is 0. The standard InChI is InChI=1S/C24H29N2.C12H16.Hg/c1-5-14-20(6-2)23(7-3)25-19-26(4)24(21-15-10-8-11-16-21)22-17-12-9-13-18-22;1-9(2)8-12-10(3)6-5-7-11(12)4;/h6,8-13,15-18,24H,2,5,7,14H2,1,3-4H3;5-7H,1,8H2,2-4H3;/b23-20+,25-19?;;. The number of amidine groups is 1. The maximum absolute atomic E-state index is 5.09. The van der Waals surface area contributed by atoms with Gasteiger partial charge in [-0.2, -0.15) is 0 Å². The Balaban J connectivity index is 0.000000370. The van der Waals surface area contributed by atoms with Crippen molar-refractivity contribution in [2.75, 3.05) is 7.05 Å². The summed E-state index contributed by atoms with van der Waals surface area (Å²) >= 11 is 0.400. The first-order chi connectivity index (χ1) is 18.7. The van der Waals surface area contributed by atoms with E-state index in [4.69, 9.17) is 4.99 Å². The van der Waals surface area contributed by atoms with Crippen molar-refractivity contribution in [3.8, 4) is 0 Å². The molecule has 0 fully saturated rings. The Bertz CT molecular complexity index is 1200. The summed E-state index contributed by atoms with van der Waals surface area (Å²) in [6.07, 6.45) is 6.10. The van der Waals surface area contributed by atoms with E-state index >= 15 is 0 Å². The van der Waals surface area contributed by atoms with Crippen LogP contribution in [-0.4, -0.2) is 15.3 Å². The fourth-order valence-corrected chi connectivity index (χ4v) is 6.19. The number of aryl methyl sites for hydroxylation is 2. The summed E-state index contributed by atoms with van der Waals surface area (Å²) in [7, 11) is 2.18. The van der Waals surface area contributed by atoms with Gasteiger partial charge in [0.15, 0.2) is 0 Å². The van der Waals surface area contributed by atoms with Crippen LogP contribution in [0.4, 0.5) is 0 Å². The van der Waals surface area contributed by atoms with Gasteiger partial charge in [0.05, 0.1) is 0 Å². The Morgan fingerprint density at radius 3 is 1.82 bits per heavy atom. The summed E-state index contributed by atoms with van der Waals surface area (Å²) in [5.74, 6) is 0. The number of benzene rings is 3. The number of rotatable bonds is 10. The Labute approximate surface area is 254 Å². The van der Waals surface area contributed by atoms with Gasteiger partial charge >= 0.3 is 181 Å². The van der Waals surface area contributed by atoms with Gasteiger partial charge in [-0.15, -0.1) is 0 Å². The average molecular weight is 706 g/mol. The number of nitrogens with zero attached hydrogens (tertiary/aromatic N) is 2. The van der Waals surface area contributed by atoms with Gasteiger partial charge in [-0.3, -0.25) is 0 Å². The van der Waals surface area contributed by atoms with E-state index in [1.165, 1.54) is 48.0 Å². The van der Waals surface area contributed by atoms with Crippen LogP contribution in [-0.2, 0) is 32.5 Å². The van der Waals surface area contributed by atoms with E-state index in [1.54, 1.807) is 0 Å². The van der Waals surface area contributed by atoms with Gasteiger partial charge in [0.1, 0.15) is 0 Å². The monoisotopic (exact) mass is 707 g/mol. The molecule has 0 aromatic heterocycles. The van der Waals surface area contributed by atoms with Crippen LogP contribution in [0.5, 0.6) is 0 Å². The second kappa shape index (κ2) is 17.1. The SMILES string of the molecule is C=C(C)Cc1c(C)cccc1C.C=C/C(CCC)=C(/CC)N=[C]([Hg])N(C)C(c1ccccc1)c1ccccc1. The van der Waals surface area contributed by atoms with Crippen LogP contribution in [0, 0.1) is 13.8 Å². The Hall–Kier alpha value is -2.71. The number of hydrogen-bond acceptors (Lipinski definition) is 1. The van der Waals surface area contributed by atoms with Gasteiger partial charge in [0.2, 0.25) is 0 Å². The van der Waals surface area contributed by atoms with Crippen LogP contribution in [0.15, 0.2) is 120 Å². The molecule has 0 spiro atoms. The summed E-state index contributed by atoms with van der Waals surface area (Å²) in [4.78, 5) is 7.45. The third-order valence-corrected chi connectivity index (χ3v) is 9.44. The molecule has 0 radical (unpaired) electrons. The van der Waals surface area contributed by atoms with E-state index in [2.05, 4.69) is 139 Å². The maximum atomic E-state index is 5.09. The molecule has 0 amide bonds. The summed E-state index contributed by atoms with van der Waals surface area (Å²) in [6.45, 7) is 18.7. The molecule has 0 saturated carbocycles. The third-order valence-electron chi connectivity index (χ3n) is 6.88. The number of allylic oxidation sites excluding steroid dienone is 4. The normalized spacial score (nSPS) is 11.9. The zero-order valence-corrected chi connectivity index (χ0v) is 30.5. The van der Waals surface area contributed by atoms with Crippen molar-refractivity contribution in [3.05, 3.63) is 143 Å². The molecule has 3 rings (SSSR count). The molecule has 0 bridgehead atoms. The molecule has 3 heteroatoms. The van der Waals surface area contributed by atoms with Crippen LogP contribution >= 0.6 is 0 Å². The third kappa shape index (κ3) is 10.1. The molecule has 201 valence electrons. The summed E-state index contributed by atoms with van der Waals surface area (Å²) < 4.78 is 1.21. The number of aliphatic imine (C=N–C) groups is 1. The van der Waals surface area contributed by atoms with Crippen molar-refractivity contribution in [2.45, 2.75) is 66.3 Å². The Morgan fingerprint density at radius 2 is 1.41 bits per heavy atom.